The fraction of sp³-hybridized carbons (Fsp3) is 0.960. The molecule has 0 spiro atoms. The van der Waals surface area contributed by atoms with E-state index in [4.69, 9.17) is 9.47 Å². The van der Waals surface area contributed by atoms with Crippen LogP contribution < -0.4 is 0 Å². The van der Waals surface area contributed by atoms with E-state index in [1.54, 1.807) is 0 Å². The Labute approximate surface area is 179 Å². The zero-order valence-corrected chi connectivity index (χ0v) is 18.0. The molecule has 164 valence electrons. The summed E-state index contributed by atoms with van der Waals surface area (Å²) in [4.78, 5) is 19.5. The first-order chi connectivity index (χ1) is 14.8. The van der Waals surface area contributed by atoms with Crippen LogP contribution in [-0.2, 0) is 14.3 Å². The molecule has 4 aliphatic heterocycles. The highest BCUT2D eigenvalue weighted by atomic mass is 16.5. The van der Waals surface area contributed by atoms with Crippen LogP contribution in [-0.4, -0.2) is 70.3 Å². The highest BCUT2D eigenvalue weighted by Gasteiger charge is 2.68. The number of carbonyl (C=O) groups excluding carboxylic acids is 1. The van der Waals surface area contributed by atoms with E-state index in [0.29, 0.717) is 78.3 Å². The summed E-state index contributed by atoms with van der Waals surface area (Å²) in [5.41, 5.74) is 0. The second kappa shape index (κ2) is 6.23. The van der Waals surface area contributed by atoms with Gasteiger partial charge in [-0.25, -0.2) is 0 Å². The summed E-state index contributed by atoms with van der Waals surface area (Å²) in [6, 6.07) is 2.11. The molecule has 4 heterocycles. The molecule has 4 aliphatic carbocycles. The summed E-state index contributed by atoms with van der Waals surface area (Å²) >= 11 is 0. The van der Waals surface area contributed by atoms with Crippen LogP contribution >= 0.6 is 0 Å². The number of rotatable bonds is 0. The molecule has 8 aliphatic rings. The largest absolute Gasteiger partial charge is 0.372 e. The van der Waals surface area contributed by atoms with E-state index >= 15 is 0 Å². The second-order valence-electron chi connectivity index (χ2n) is 11.8. The lowest BCUT2D eigenvalue weighted by Crippen LogP contribution is -2.86. The van der Waals surface area contributed by atoms with Crippen molar-refractivity contribution >= 4 is 5.91 Å². The summed E-state index contributed by atoms with van der Waals surface area (Å²) in [7, 11) is 0. The molecule has 0 N–H and O–H groups in total. The van der Waals surface area contributed by atoms with Crippen molar-refractivity contribution < 1.29 is 14.3 Å². The number of hydrogen-bond donors (Lipinski definition) is 0. The Kier molecular flexibility index (Phi) is 3.71. The van der Waals surface area contributed by atoms with Gasteiger partial charge in [0.2, 0.25) is 5.91 Å². The van der Waals surface area contributed by atoms with Crippen LogP contribution in [0.5, 0.6) is 0 Å². The molecular formula is C25H36N2O3. The normalized spacial score (nSPS) is 58.7. The maximum atomic E-state index is 14.0. The molecule has 30 heavy (non-hydrogen) atoms. The van der Waals surface area contributed by atoms with E-state index in [2.05, 4.69) is 9.80 Å². The lowest BCUT2D eigenvalue weighted by molar-refractivity contribution is -0.317. The van der Waals surface area contributed by atoms with Gasteiger partial charge in [0.15, 0.2) is 0 Å². The molecule has 0 radical (unpaired) electrons. The molecule has 0 aromatic carbocycles. The summed E-state index contributed by atoms with van der Waals surface area (Å²) in [5.74, 6) is 2.19. The minimum Gasteiger partial charge on any atom is -0.372 e. The summed E-state index contributed by atoms with van der Waals surface area (Å²) < 4.78 is 13.7. The van der Waals surface area contributed by atoms with Crippen LogP contribution in [0.2, 0.25) is 0 Å². The Balaban J connectivity index is 1.29. The van der Waals surface area contributed by atoms with Gasteiger partial charge in [0.05, 0.1) is 54.6 Å². The van der Waals surface area contributed by atoms with Crippen molar-refractivity contribution in [2.24, 2.45) is 17.8 Å². The van der Waals surface area contributed by atoms with E-state index in [1.807, 2.05) is 0 Å². The fourth-order valence-electron chi connectivity index (χ4n) is 10.0. The van der Waals surface area contributed by atoms with E-state index in [1.165, 1.54) is 70.6 Å². The van der Waals surface area contributed by atoms with Gasteiger partial charge in [-0.05, 0) is 76.0 Å². The molecule has 0 aromatic heterocycles. The van der Waals surface area contributed by atoms with Gasteiger partial charge in [0.1, 0.15) is 0 Å². The minimum atomic E-state index is 0.313. The molecule has 8 fully saturated rings. The maximum absolute atomic E-state index is 14.0. The Bertz CT molecular complexity index is 753. The predicted octanol–water partition coefficient (Wildman–Crippen LogP) is 3.11. The average molecular weight is 413 g/mol. The van der Waals surface area contributed by atoms with E-state index in [0.717, 1.165) is 6.42 Å². The quantitative estimate of drug-likeness (QED) is 0.613. The van der Waals surface area contributed by atoms with Crippen molar-refractivity contribution in [1.82, 2.24) is 9.80 Å². The number of piperazine rings is 1. The topological polar surface area (TPSA) is 42.0 Å². The molecule has 1 amide bonds. The number of carbonyl (C=O) groups is 1. The van der Waals surface area contributed by atoms with Crippen molar-refractivity contribution in [3.05, 3.63) is 0 Å². The highest BCUT2D eigenvalue weighted by molar-refractivity contribution is 5.81. The van der Waals surface area contributed by atoms with Crippen molar-refractivity contribution in [1.29, 1.82) is 0 Å². The van der Waals surface area contributed by atoms with E-state index < -0.39 is 0 Å². The van der Waals surface area contributed by atoms with Gasteiger partial charge in [-0.1, -0.05) is 12.8 Å². The first-order valence-corrected chi connectivity index (χ1v) is 13.2. The zero-order chi connectivity index (χ0) is 19.6. The number of nitrogens with zero attached hydrogens (tertiary/aromatic N) is 2. The van der Waals surface area contributed by atoms with Gasteiger partial charge in [-0.3, -0.25) is 9.69 Å². The summed E-state index contributed by atoms with van der Waals surface area (Å²) in [6.07, 6.45) is 16.2. The SMILES string of the molecule is O=C1C2CCCCC2C2CCC3OC4CCCC5OC6CCCC7C6N(C54)C3C2N17. The molecule has 4 saturated carbocycles. The van der Waals surface area contributed by atoms with Crippen LogP contribution in [0.4, 0.5) is 0 Å². The summed E-state index contributed by atoms with van der Waals surface area (Å²) in [6.45, 7) is 0. The maximum Gasteiger partial charge on any atom is 0.226 e. The van der Waals surface area contributed by atoms with Crippen molar-refractivity contribution in [3.8, 4) is 0 Å². The Morgan fingerprint density at radius 2 is 1.30 bits per heavy atom. The fourth-order valence-corrected chi connectivity index (χ4v) is 10.0. The third-order valence-electron chi connectivity index (χ3n) is 10.8. The molecule has 4 saturated heterocycles. The Morgan fingerprint density at radius 1 is 0.600 bits per heavy atom. The highest BCUT2D eigenvalue weighted by Crippen LogP contribution is 2.57. The van der Waals surface area contributed by atoms with Crippen LogP contribution in [0.1, 0.15) is 77.0 Å². The third-order valence-corrected chi connectivity index (χ3v) is 10.8. The molecule has 12 unspecified atom stereocenters. The molecule has 5 nitrogen and oxygen atoms in total. The smallest absolute Gasteiger partial charge is 0.226 e. The van der Waals surface area contributed by atoms with Gasteiger partial charge in [-0.15, -0.1) is 0 Å². The Hall–Kier alpha value is -0.650. The summed E-state index contributed by atoms with van der Waals surface area (Å²) in [5, 5.41) is 0. The van der Waals surface area contributed by atoms with Crippen LogP contribution in [0.3, 0.4) is 0 Å². The number of piperidine rings is 1. The molecule has 5 heteroatoms. The first kappa shape index (κ1) is 17.9. The Morgan fingerprint density at radius 3 is 2.13 bits per heavy atom. The first-order valence-electron chi connectivity index (χ1n) is 13.2. The number of ether oxygens (including phenoxy) is 2. The van der Waals surface area contributed by atoms with Crippen molar-refractivity contribution in [3.63, 3.8) is 0 Å². The van der Waals surface area contributed by atoms with Crippen molar-refractivity contribution in [2.45, 2.75) is 132 Å². The zero-order valence-electron chi connectivity index (χ0n) is 18.0. The monoisotopic (exact) mass is 412 g/mol. The van der Waals surface area contributed by atoms with Crippen LogP contribution in [0.25, 0.3) is 0 Å². The lowest BCUT2D eigenvalue weighted by Gasteiger charge is -2.73. The lowest BCUT2D eigenvalue weighted by atomic mass is 9.57. The van der Waals surface area contributed by atoms with Gasteiger partial charge >= 0.3 is 0 Å². The standard InChI is InChI=1S/C25H36N2O3/c28-25-15-6-2-1-5-13(15)14-11-12-20-24-21(14)26(25)16-7-3-8-17-22(16)27(24)23-18(29-17)9-4-10-19(23)30-20/h13-24H,1-12H2. The molecule has 8 rings (SSSR count). The number of hydrogen-bond acceptors (Lipinski definition) is 4. The van der Waals surface area contributed by atoms with Crippen molar-refractivity contribution in [2.75, 3.05) is 0 Å². The average Bonchev–Trinajstić information content (AvgIpc) is 2.79. The van der Waals surface area contributed by atoms with Crippen LogP contribution in [0.15, 0.2) is 0 Å². The van der Waals surface area contributed by atoms with Crippen LogP contribution in [0, 0.1) is 17.8 Å². The van der Waals surface area contributed by atoms with Gasteiger partial charge in [-0.2, -0.15) is 0 Å². The molecule has 12 atom stereocenters. The molecule has 0 aromatic rings. The number of fused-ring (bicyclic) bond motifs is 3. The number of amides is 1. The predicted molar refractivity (Wildman–Crippen MR) is 111 cm³/mol. The van der Waals surface area contributed by atoms with E-state index in [9.17, 15) is 4.79 Å². The minimum absolute atomic E-state index is 0.313. The third kappa shape index (κ3) is 2.09. The number of morpholine rings is 2. The molecule has 0 bridgehead atoms. The van der Waals surface area contributed by atoms with Gasteiger partial charge in [0.25, 0.3) is 0 Å². The molecular weight excluding hydrogens is 376 g/mol. The van der Waals surface area contributed by atoms with Gasteiger partial charge in [0, 0.05) is 5.92 Å². The van der Waals surface area contributed by atoms with E-state index in [-0.39, 0.29) is 0 Å². The second-order valence-corrected chi connectivity index (χ2v) is 11.8. The van der Waals surface area contributed by atoms with Gasteiger partial charge < -0.3 is 14.4 Å².